The largest absolute Gasteiger partial charge is 0.358 e. The van der Waals surface area contributed by atoms with Crippen molar-refractivity contribution in [2.24, 2.45) is 0 Å². The maximum Gasteiger partial charge on any atom is 0.0415 e. The van der Waals surface area contributed by atoms with Gasteiger partial charge in [-0.05, 0) is 38.2 Å². The lowest BCUT2D eigenvalue weighted by Crippen LogP contribution is -2.24. The smallest absolute Gasteiger partial charge is 0.0415 e. The highest BCUT2D eigenvalue weighted by molar-refractivity contribution is 5.43. The van der Waals surface area contributed by atoms with Crippen molar-refractivity contribution >= 4 is 12.2 Å². The quantitative estimate of drug-likeness (QED) is 0.688. The summed E-state index contributed by atoms with van der Waals surface area (Å²) in [5, 5.41) is 2.62. The third-order valence-corrected chi connectivity index (χ3v) is 2.94. The minimum atomic E-state index is 1.21. The molecule has 0 spiro atoms. The molecule has 0 unspecified atom stereocenters. The van der Waals surface area contributed by atoms with Crippen molar-refractivity contribution in [3.05, 3.63) is 34.5 Å². The average Bonchev–Trinajstić information content (AvgIpc) is 2.58. The van der Waals surface area contributed by atoms with Gasteiger partial charge in [0, 0.05) is 16.3 Å². The number of aromatic amines is 1. The predicted octanol–water partition coefficient (Wildman–Crippen LogP) is 1.66. The molecule has 0 bridgehead atoms. The van der Waals surface area contributed by atoms with Crippen molar-refractivity contribution in [1.29, 1.82) is 0 Å². The number of fused-ring (bicyclic) bond motifs is 1. The van der Waals surface area contributed by atoms with Crippen molar-refractivity contribution in [3.8, 4) is 0 Å². The van der Waals surface area contributed by atoms with Crippen molar-refractivity contribution in [3.63, 3.8) is 0 Å². The van der Waals surface area contributed by atoms with Crippen LogP contribution in [0.1, 0.15) is 31.0 Å². The van der Waals surface area contributed by atoms with E-state index >= 15 is 0 Å². The number of hydrogen-bond donors (Lipinski definition) is 1. The Balaban J connectivity index is 2.72. The topological polar surface area (TPSA) is 15.8 Å². The highest BCUT2D eigenvalue weighted by Gasteiger charge is 2.12. The zero-order valence-electron chi connectivity index (χ0n) is 8.77. The standard InChI is InChI=1S/C13H17N/c1-3-7-10-11-8-5-6-9-13(11)14-12(10)4-2/h3-4,7,14H,1,5-6,8-9H2,2H3/b10-7-,12-4+. The summed E-state index contributed by atoms with van der Waals surface area (Å²) in [6.07, 6.45) is 11.2. The van der Waals surface area contributed by atoms with Gasteiger partial charge in [-0.2, -0.15) is 0 Å². The first-order valence-electron chi connectivity index (χ1n) is 5.35. The molecule has 1 heterocycles. The molecule has 0 saturated heterocycles. The van der Waals surface area contributed by atoms with Crippen molar-refractivity contribution in [2.45, 2.75) is 32.6 Å². The van der Waals surface area contributed by atoms with Crippen molar-refractivity contribution < 1.29 is 0 Å². The van der Waals surface area contributed by atoms with Crippen LogP contribution in [-0.2, 0) is 12.8 Å². The Morgan fingerprint density at radius 1 is 1.29 bits per heavy atom. The second-order valence-electron chi connectivity index (χ2n) is 3.81. The number of H-pyrrole nitrogens is 1. The van der Waals surface area contributed by atoms with Gasteiger partial charge in [0.1, 0.15) is 0 Å². The number of allylic oxidation sites excluding steroid dienone is 1. The maximum absolute atomic E-state index is 3.78. The molecule has 0 radical (unpaired) electrons. The third-order valence-electron chi connectivity index (χ3n) is 2.94. The molecular weight excluding hydrogens is 170 g/mol. The Morgan fingerprint density at radius 2 is 2.07 bits per heavy atom. The first kappa shape index (κ1) is 9.32. The van der Waals surface area contributed by atoms with Crippen molar-refractivity contribution in [1.82, 2.24) is 4.98 Å². The van der Waals surface area contributed by atoms with Gasteiger partial charge in [0.15, 0.2) is 0 Å². The number of aromatic nitrogens is 1. The molecule has 14 heavy (non-hydrogen) atoms. The van der Waals surface area contributed by atoms with E-state index in [1.54, 1.807) is 0 Å². The molecule has 0 atom stereocenters. The van der Waals surface area contributed by atoms with Gasteiger partial charge < -0.3 is 4.98 Å². The zero-order valence-corrected chi connectivity index (χ0v) is 8.77. The first-order chi connectivity index (χ1) is 6.86. The average molecular weight is 187 g/mol. The van der Waals surface area contributed by atoms with Gasteiger partial charge in [-0.15, -0.1) is 0 Å². The van der Waals surface area contributed by atoms with E-state index in [1.807, 2.05) is 6.08 Å². The van der Waals surface area contributed by atoms with Gasteiger partial charge in [0.25, 0.3) is 0 Å². The van der Waals surface area contributed by atoms with Crippen LogP contribution in [0.4, 0.5) is 0 Å². The molecule has 0 aliphatic heterocycles. The summed E-state index contributed by atoms with van der Waals surface area (Å²) in [7, 11) is 0. The lowest BCUT2D eigenvalue weighted by molar-refractivity contribution is 0.675. The Bertz CT molecular complexity index is 448. The first-order valence-corrected chi connectivity index (χ1v) is 5.35. The fourth-order valence-corrected chi connectivity index (χ4v) is 2.27. The van der Waals surface area contributed by atoms with Crippen LogP contribution in [0.2, 0.25) is 0 Å². The molecular formula is C13H17N. The van der Waals surface area contributed by atoms with E-state index in [4.69, 9.17) is 0 Å². The Hall–Kier alpha value is -1.24. The molecule has 0 amide bonds. The van der Waals surface area contributed by atoms with Gasteiger partial charge >= 0.3 is 0 Å². The molecule has 0 fully saturated rings. The number of rotatable bonds is 1. The number of aryl methyl sites for hydroxylation is 1. The molecule has 0 saturated carbocycles. The third kappa shape index (κ3) is 1.43. The van der Waals surface area contributed by atoms with E-state index in [2.05, 4.69) is 30.6 Å². The molecule has 74 valence electrons. The Morgan fingerprint density at radius 3 is 2.79 bits per heavy atom. The normalized spacial score (nSPS) is 18.4. The van der Waals surface area contributed by atoms with Crippen LogP contribution in [0.5, 0.6) is 0 Å². The summed E-state index contributed by atoms with van der Waals surface area (Å²) >= 11 is 0. The van der Waals surface area contributed by atoms with Gasteiger partial charge in [0.05, 0.1) is 0 Å². The van der Waals surface area contributed by atoms with Crippen LogP contribution in [0.3, 0.4) is 0 Å². The van der Waals surface area contributed by atoms with Crippen LogP contribution in [0.15, 0.2) is 12.7 Å². The van der Waals surface area contributed by atoms with E-state index in [0.29, 0.717) is 0 Å². The van der Waals surface area contributed by atoms with E-state index in [1.165, 1.54) is 47.5 Å². The summed E-state index contributed by atoms with van der Waals surface area (Å²) in [5.41, 5.74) is 2.96. The number of nitrogens with one attached hydrogen (secondary N) is 1. The lowest BCUT2D eigenvalue weighted by atomic mass is 9.97. The van der Waals surface area contributed by atoms with E-state index < -0.39 is 0 Å². The molecule has 1 aromatic rings. The van der Waals surface area contributed by atoms with Crippen LogP contribution in [0, 0.1) is 0 Å². The second-order valence-corrected chi connectivity index (χ2v) is 3.81. The predicted molar refractivity (Wildman–Crippen MR) is 61.5 cm³/mol. The van der Waals surface area contributed by atoms with Gasteiger partial charge in [-0.1, -0.05) is 24.8 Å². The summed E-state index contributed by atoms with van der Waals surface area (Å²) in [6.45, 7) is 5.86. The lowest BCUT2D eigenvalue weighted by Gasteiger charge is -2.09. The SMILES string of the molecule is C=C/C=c1/c2c([nH]/c1=C/C)CCCC2. The van der Waals surface area contributed by atoms with Gasteiger partial charge in [-0.3, -0.25) is 0 Å². The van der Waals surface area contributed by atoms with Crippen LogP contribution in [0.25, 0.3) is 12.2 Å². The van der Waals surface area contributed by atoms with Crippen LogP contribution >= 0.6 is 0 Å². The number of hydrogen-bond acceptors (Lipinski definition) is 0. The maximum atomic E-state index is 3.78. The zero-order chi connectivity index (χ0) is 9.97. The monoisotopic (exact) mass is 187 g/mol. The fraction of sp³-hybridized carbons (Fsp3) is 0.385. The Labute approximate surface area is 84.9 Å². The molecule has 1 aromatic heterocycles. The van der Waals surface area contributed by atoms with Crippen molar-refractivity contribution in [2.75, 3.05) is 0 Å². The molecule has 0 aromatic carbocycles. The molecule has 1 aliphatic rings. The highest BCUT2D eigenvalue weighted by Crippen LogP contribution is 2.14. The highest BCUT2D eigenvalue weighted by atomic mass is 14.7. The molecule has 1 aliphatic carbocycles. The summed E-state index contributed by atoms with van der Waals surface area (Å²) < 4.78 is 0. The molecule has 1 N–H and O–H groups in total. The fourth-order valence-electron chi connectivity index (χ4n) is 2.27. The molecule has 2 rings (SSSR count). The van der Waals surface area contributed by atoms with Gasteiger partial charge in [-0.25, -0.2) is 0 Å². The van der Waals surface area contributed by atoms with Crippen LogP contribution < -0.4 is 10.6 Å². The van der Waals surface area contributed by atoms with E-state index in [9.17, 15) is 0 Å². The molecule has 1 nitrogen and oxygen atoms in total. The second kappa shape index (κ2) is 3.87. The summed E-state index contributed by atoms with van der Waals surface area (Å²) in [4.78, 5) is 3.50. The van der Waals surface area contributed by atoms with E-state index in [-0.39, 0.29) is 0 Å². The summed E-state index contributed by atoms with van der Waals surface area (Å²) in [5.74, 6) is 0. The summed E-state index contributed by atoms with van der Waals surface area (Å²) in [6, 6.07) is 0. The van der Waals surface area contributed by atoms with Gasteiger partial charge in [0.2, 0.25) is 0 Å². The Kier molecular flexibility index (Phi) is 2.58. The minimum absolute atomic E-state index is 1.21. The molecule has 1 heteroatoms. The van der Waals surface area contributed by atoms with E-state index in [0.717, 1.165) is 0 Å². The van der Waals surface area contributed by atoms with Crippen LogP contribution in [-0.4, -0.2) is 4.98 Å². The minimum Gasteiger partial charge on any atom is -0.358 e.